The second-order valence-corrected chi connectivity index (χ2v) is 29.7. The van der Waals surface area contributed by atoms with Gasteiger partial charge in [0.2, 0.25) is 0 Å². The zero-order valence-corrected chi connectivity index (χ0v) is 64.3. The van der Waals surface area contributed by atoms with Crippen molar-refractivity contribution >= 4 is 0 Å². The van der Waals surface area contributed by atoms with Gasteiger partial charge in [0.25, 0.3) is 0 Å². The van der Waals surface area contributed by atoms with Crippen LogP contribution in [0.5, 0.6) is 0 Å². The molecule has 0 aromatic carbocycles. The van der Waals surface area contributed by atoms with Crippen LogP contribution < -0.4 is 0 Å². The van der Waals surface area contributed by atoms with Gasteiger partial charge in [-0.15, -0.1) is 0 Å². The molecule has 6 unspecified atom stereocenters. The van der Waals surface area contributed by atoms with E-state index in [1.807, 2.05) is 69.2 Å². The molecular formula is C72H128O26. The maximum atomic E-state index is 6.01. The molecule has 26 heteroatoms. The van der Waals surface area contributed by atoms with Crippen LogP contribution in [-0.4, -0.2) is 331 Å². The van der Waals surface area contributed by atoms with Crippen molar-refractivity contribution in [1.82, 2.24) is 0 Å². The molecule has 0 N–H and O–H groups in total. The number of rotatable bonds is 21. The quantitative estimate of drug-likeness (QED) is 0.123. The van der Waals surface area contributed by atoms with Gasteiger partial charge in [-0.25, -0.2) is 0 Å². The van der Waals surface area contributed by atoms with E-state index in [0.29, 0.717) is 76.7 Å². The molecule has 0 amide bonds. The van der Waals surface area contributed by atoms with Crippen LogP contribution in [0.25, 0.3) is 0 Å². The molecule has 0 aromatic heterocycles. The first-order chi connectivity index (χ1) is 46.5. The van der Waals surface area contributed by atoms with Gasteiger partial charge in [0, 0.05) is 118 Å². The highest BCUT2D eigenvalue weighted by Crippen LogP contribution is 2.55. The third kappa shape index (κ3) is 14.0. The molecule has 0 radical (unpaired) electrons. The largest absolute Gasteiger partial charge is 0.382 e. The van der Waals surface area contributed by atoms with Gasteiger partial charge in [0.1, 0.15) is 99.7 Å². The number of hydrogen-bond acceptors (Lipinski definition) is 26. The molecule has 0 spiro atoms. The number of fused-ring (bicyclic) bond motifs is 14. The van der Waals surface area contributed by atoms with E-state index in [0.717, 1.165) is 12.8 Å². The van der Waals surface area contributed by atoms with E-state index in [1.165, 1.54) is 5.57 Å². The molecule has 2 aliphatic carbocycles. The molecule has 2 saturated carbocycles. The van der Waals surface area contributed by atoms with Crippen molar-refractivity contribution in [2.75, 3.05) is 152 Å². The number of hydrogen-bond donors (Lipinski definition) is 0. The summed E-state index contributed by atoms with van der Waals surface area (Å²) >= 11 is 0. The van der Waals surface area contributed by atoms with E-state index < -0.39 is 28.0 Å². The van der Waals surface area contributed by atoms with E-state index >= 15 is 0 Å². The van der Waals surface area contributed by atoms with Crippen LogP contribution in [0.3, 0.4) is 0 Å². The second kappa shape index (κ2) is 33.2. The Morgan fingerprint density at radius 1 is 0.418 bits per heavy atom. The lowest BCUT2D eigenvalue weighted by atomic mass is 9.85. The summed E-state index contributed by atoms with van der Waals surface area (Å²) in [5.41, 5.74) is -1.66. The third-order valence-corrected chi connectivity index (χ3v) is 24.4. The minimum Gasteiger partial charge on any atom is -0.382 e. The van der Waals surface area contributed by atoms with E-state index in [-0.39, 0.29) is 145 Å². The summed E-state index contributed by atoms with van der Waals surface area (Å²) in [7, 11) is 23.8. The van der Waals surface area contributed by atoms with Crippen LogP contribution in [0.2, 0.25) is 0 Å². The van der Waals surface area contributed by atoms with Crippen molar-refractivity contribution in [3.8, 4) is 0 Å². The minimum atomic E-state index is -0.430. The molecule has 14 rings (SSSR count). The Labute approximate surface area is 585 Å². The van der Waals surface area contributed by atoms with Crippen LogP contribution in [0.1, 0.15) is 103 Å². The van der Waals surface area contributed by atoms with Crippen molar-refractivity contribution in [3.05, 3.63) is 12.2 Å². The average Bonchev–Trinajstić information content (AvgIpc) is 1.54. The maximum absolute atomic E-state index is 6.01. The zero-order chi connectivity index (χ0) is 72.5. The first kappa shape index (κ1) is 82.4. The molecule has 14 aliphatic rings. The van der Waals surface area contributed by atoms with Crippen molar-refractivity contribution < 1.29 is 123 Å². The molecular weight excluding hydrogens is 1280 g/mol. The van der Waals surface area contributed by atoms with Crippen molar-refractivity contribution in [2.45, 2.75) is 282 Å². The summed E-state index contributed by atoms with van der Waals surface area (Å²) in [6.45, 7) is 35.2. The standard InChI is InChI=1S/C11H20O3.C11H18O3.5C10H18O4/c2*1-7-5-11(6-12-3)10(13-4)9(7)8(2)14-11;1-7-8-9(2,12-4)10(14-7,5-11-3)6-13-8;3*1-6-8-9(12-4)10(14-6,5-13-8)7(2)11-3;1-6-8-9(12-4)10(14-6,5-11-3)7(2)13-8/h7-10H,5-6H2,1-4H3;8-10H,1,5-6H2,2-4H3;7-8H,5-6H2,1-4H3;4*6-9H,5H2,1-4H3/t7-,8-,9?,10-,11?;8-,9?,10-,11?;7-,8+,9+,10+;6-,7?,8+,9?,10+;6-,7+,8+,9+,10-;6-,7-,8+,9+,10-;6-,7+,8+,9+,10+/m0000000/s1. The van der Waals surface area contributed by atoms with Crippen molar-refractivity contribution in [2.24, 2.45) is 17.8 Å². The van der Waals surface area contributed by atoms with Gasteiger partial charge in [-0.3, -0.25) is 0 Å². The lowest BCUT2D eigenvalue weighted by Crippen LogP contribution is -2.54. The predicted octanol–water partition coefficient (Wildman–Crippen LogP) is 5.81. The van der Waals surface area contributed by atoms with E-state index in [4.69, 9.17) is 123 Å². The smallest absolute Gasteiger partial charge is 0.146 e. The summed E-state index contributed by atoms with van der Waals surface area (Å²) < 4.78 is 146. The molecule has 572 valence electrons. The van der Waals surface area contributed by atoms with Gasteiger partial charge >= 0.3 is 0 Å². The van der Waals surface area contributed by atoms with Crippen molar-refractivity contribution in [3.63, 3.8) is 0 Å². The Morgan fingerprint density at radius 2 is 0.837 bits per heavy atom. The second-order valence-electron chi connectivity index (χ2n) is 29.7. The molecule has 33 atom stereocenters. The summed E-state index contributed by atoms with van der Waals surface area (Å²) in [6.07, 6.45) is 3.40. The van der Waals surface area contributed by atoms with Gasteiger partial charge in [0.15, 0.2) is 0 Å². The maximum Gasteiger partial charge on any atom is 0.146 e. The fraction of sp³-hybridized carbons (Fsp3) is 0.972. The Balaban J connectivity index is 0.000000146. The Kier molecular flexibility index (Phi) is 27.9. The third-order valence-electron chi connectivity index (χ3n) is 24.4. The van der Waals surface area contributed by atoms with Gasteiger partial charge in [-0.2, -0.15) is 0 Å². The number of ether oxygens (including phenoxy) is 26. The topological polar surface area (TPSA) is 240 Å². The molecule has 12 heterocycles. The first-order valence-corrected chi connectivity index (χ1v) is 35.3. The van der Waals surface area contributed by atoms with Gasteiger partial charge in [-0.05, 0) is 95.4 Å². The van der Waals surface area contributed by atoms with E-state index in [2.05, 4.69) is 27.4 Å². The molecule has 14 fully saturated rings. The lowest BCUT2D eigenvalue weighted by Gasteiger charge is -2.35. The molecule has 12 aliphatic heterocycles. The van der Waals surface area contributed by atoms with E-state index in [9.17, 15) is 0 Å². The van der Waals surface area contributed by atoms with Crippen LogP contribution in [0.15, 0.2) is 12.2 Å². The zero-order valence-electron chi connectivity index (χ0n) is 64.3. The highest BCUT2D eigenvalue weighted by atomic mass is 16.7. The van der Waals surface area contributed by atoms with Gasteiger partial charge in [-0.1, -0.05) is 19.1 Å². The fourth-order valence-corrected chi connectivity index (χ4v) is 19.5. The van der Waals surface area contributed by atoms with Crippen LogP contribution in [0.4, 0.5) is 0 Å². The molecule has 12 saturated heterocycles. The highest BCUT2D eigenvalue weighted by Gasteiger charge is 2.71. The minimum absolute atomic E-state index is 0.00699. The summed E-state index contributed by atoms with van der Waals surface area (Å²) in [6, 6.07) is 0. The van der Waals surface area contributed by atoms with Crippen LogP contribution in [-0.2, 0) is 123 Å². The Morgan fingerprint density at radius 3 is 1.20 bits per heavy atom. The summed E-state index contributed by atoms with van der Waals surface area (Å²) in [5.74, 6) is 1.56. The Hall–Kier alpha value is -1.30. The molecule has 0 aromatic rings. The summed E-state index contributed by atoms with van der Waals surface area (Å²) in [4.78, 5) is 0. The lowest BCUT2D eigenvalue weighted by molar-refractivity contribution is -0.194. The average molecular weight is 1410 g/mol. The molecule has 26 nitrogen and oxygen atoms in total. The van der Waals surface area contributed by atoms with Gasteiger partial charge in [0.05, 0.1) is 132 Å². The molecule has 98 heavy (non-hydrogen) atoms. The van der Waals surface area contributed by atoms with Crippen LogP contribution in [0, 0.1) is 17.8 Å². The first-order valence-electron chi connectivity index (χ1n) is 35.3. The number of methoxy groups -OCH3 is 14. The SMILES string of the molecule is C=C1CC2(COC)O[C@@H](C)C1[C@@H]2OC.COC(C)[C@]12CO[C@@H](C1OC)[C@H](C)O2.COCC12C[C@H](C)C([C@H](C)O1)[C@@H]2OC.COC[C@@]12O[C@@H](C)[C@@H](O[C@@H]1C)[C@H]2OC.COC[C@]12CO[C@H]([C@H](C)O1)[C@@]2(C)OC.CO[C@@H](C)[C@]12CO[C@H]([C@H](C)O1)[C@H]2OC.CO[C@@H]1[C@@H]2OC[C@@]1([C@@H](C)OC)O[C@H]2C. The highest BCUT2D eigenvalue weighted by molar-refractivity contribution is 5.26. The van der Waals surface area contributed by atoms with Gasteiger partial charge < -0.3 is 123 Å². The van der Waals surface area contributed by atoms with E-state index in [1.54, 1.807) is 99.5 Å². The predicted molar refractivity (Wildman–Crippen MR) is 358 cm³/mol. The monoisotopic (exact) mass is 1410 g/mol. The normalized spacial score (nSPS) is 49.4. The Bertz CT molecular complexity index is 2350. The fourth-order valence-electron chi connectivity index (χ4n) is 19.5. The molecule has 14 bridgehead atoms. The van der Waals surface area contributed by atoms with Crippen LogP contribution >= 0.6 is 0 Å². The van der Waals surface area contributed by atoms with Crippen molar-refractivity contribution in [1.29, 1.82) is 0 Å². The summed E-state index contributed by atoms with van der Waals surface area (Å²) in [5, 5.41) is 0.